The van der Waals surface area contributed by atoms with Crippen molar-refractivity contribution < 1.29 is 10.1 Å². The third kappa shape index (κ3) is 3.71. The van der Waals surface area contributed by atoms with Crippen LogP contribution in [0.25, 0.3) is 0 Å². The van der Waals surface area contributed by atoms with Crippen molar-refractivity contribution in [2.24, 2.45) is 0 Å². The monoisotopic (exact) mass is 382 g/mol. The predicted molar refractivity (Wildman–Crippen MR) is 111 cm³/mol. The van der Waals surface area contributed by atoms with Gasteiger partial charge in [0.25, 0.3) is 0 Å². The molecule has 1 fully saturated rings. The van der Waals surface area contributed by atoms with Crippen LogP contribution in [0.4, 0.5) is 16.2 Å². The molecule has 0 aromatic heterocycles. The third-order valence-corrected chi connectivity index (χ3v) is 6.42. The Bertz CT molecular complexity index is 816. The first kappa shape index (κ1) is 18.4. The number of nitrogens with one attached hydrogen (secondary N) is 1. The number of urea groups is 1. The van der Waals surface area contributed by atoms with Crippen molar-refractivity contribution in [1.82, 2.24) is 5.32 Å². The van der Waals surface area contributed by atoms with Gasteiger partial charge >= 0.3 is 6.03 Å². The van der Waals surface area contributed by atoms with E-state index in [0.29, 0.717) is 0 Å². The number of piperidine rings is 1. The van der Waals surface area contributed by atoms with Crippen LogP contribution in [0, 0.1) is 0 Å². The van der Waals surface area contributed by atoms with E-state index >= 15 is 0 Å². The van der Waals surface area contributed by atoms with Gasteiger partial charge < -0.3 is 10.6 Å². The predicted octanol–water partition coefficient (Wildman–Crippen LogP) is 4.28. The van der Waals surface area contributed by atoms with Gasteiger partial charge in [0.05, 0.1) is 22.5 Å². The average Bonchev–Trinajstić information content (AvgIpc) is 2.56. The van der Waals surface area contributed by atoms with Crippen LogP contribution in [0.3, 0.4) is 0 Å². The number of carbonyl (C=O) groups is 1. The first-order valence-corrected chi connectivity index (χ1v) is 10.4. The summed E-state index contributed by atoms with van der Waals surface area (Å²) in [6.07, 6.45) is 1.93. The Morgan fingerprint density at radius 1 is 0.963 bits per heavy atom. The fourth-order valence-electron chi connectivity index (χ4n) is 4.78. The lowest BCUT2D eigenvalue weighted by Crippen LogP contribution is -3.06. The maximum Gasteiger partial charge on any atom is 0.326 e. The number of nitrogens with zero attached hydrogens (tertiary/aromatic N) is 1. The first-order chi connectivity index (χ1) is 12.7. The highest BCUT2D eigenvalue weighted by Gasteiger charge is 2.42. The minimum atomic E-state index is -0.0336. The van der Waals surface area contributed by atoms with E-state index in [1.807, 2.05) is 41.3 Å². The molecule has 1 saturated heterocycles. The number of rotatable bonds is 1. The zero-order chi connectivity index (χ0) is 19.2. The van der Waals surface area contributed by atoms with Crippen LogP contribution in [0.15, 0.2) is 58.3 Å². The molecule has 0 saturated carbocycles. The lowest BCUT2D eigenvalue weighted by atomic mass is 9.79. The standard InChI is InChI=1S/C22H27N3OS/c1-21(2)13-15(14-22(3,4)24-21)23-20(26)25-16-9-5-7-11-18(16)27-19-12-8-6-10-17(19)25/h5-12,15,24H,13-14H2,1-4H3,(H,23,26)/p+1. The molecule has 0 unspecified atom stereocenters. The SMILES string of the molecule is CC1(C)CC(NC(=O)N2c3ccccc3Sc3ccccc32)CC(C)(C)[NH2+]1. The fourth-order valence-corrected chi connectivity index (χ4v) is 5.84. The summed E-state index contributed by atoms with van der Waals surface area (Å²) in [5.41, 5.74) is 2.15. The number of carbonyl (C=O) groups excluding carboxylic acids is 1. The minimum Gasteiger partial charge on any atom is -0.337 e. The zero-order valence-corrected chi connectivity index (χ0v) is 17.3. The molecule has 4 nitrogen and oxygen atoms in total. The third-order valence-electron chi connectivity index (χ3n) is 5.29. The second-order valence-corrected chi connectivity index (χ2v) is 10.1. The van der Waals surface area contributed by atoms with Gasteiger partial charge in [-0.05, 0) is 52.0 Å². The molecule has 3 N–H and O–H groups in total. The second-order valence-electron chi connectivity index (χ2n) is 9.05. The first-order valence-electron chi connectivity index (χ1n) is 9.58. The molecule has 0 atom stereocenters. The van der Waals surface area contributed by atoms with E-state index in [0.717, 1.165) is 34.0 Å². The van der Waals surface area contributed by atoms with Crippen molar-refractivity contribution in [3.8, 4) is 0 Å². The molecule has 5 heteroatoms. The molecule has 0 aliphatic carbocycles. The highest BCUT2D eigenvalue weighted by atomic mass is 32.2. The molecule has 2 aromatic carbocycles. The van der Waals surface area contributed by atoms with Crippen LogP contribution in [0.5, 0.6) is 0 Å². The Morgan fingerprint density at radius 3 is 1.96 bits per heavy atom. The number of para-hydroxylation sites is 2. The van der Waals surface area contributed by atoms with Crippen LogP contribution in [0.2, 0.25) is 0 Å². The van der Waals surface area contributed by atoms with Crippen molar-refractivity contribution in [2.45, 2.75) is 67.4 Å². The summed E-state index contributed by atoms with van der Waals surface area (Å²) in [6.45, 7) is 9.04. The summed E-state index contributed by atoms with van der Waals surface area (Å²) in [6, 6.07) is 16.4. The summed E-state index contributed by atoms with van der Waals surface area (Å²) < 4.78 is 0. The van der Waals surface area contributed by atoms with E-state index in [1.165, 1.54) is 0 Å². The second kappa shape index (κ2) is 6.57. The molecule has 0 radical (unpaired) electrons. The van der Waals surface area contributed by atoms with Gasteiger partial charge in [-0.1, -0.05) is 36.0 Å². The van der Waals surface area contributed by atoms with E-state index in [4.69, 9.17) is 0 Å². The van der Waals surface area contributed by atoms with E-state index in [1.54, 1.807) is 11.8 Å². The van der Waals surface area contributed by atoms with Crippen LogP contribution >= 0.6 is 11.8 Å². The van der Waals surface area contributed by atoms with Gasteiger partial charge in [-0.25, -0.2) is 4.79 Å². The van der Waals surface area contributed by atoms with E-state index in [2.05, 4.69) is 50.5 Å². The highest BCUT2D eigenvalue weighted by Crippen LogP contribution is 2.47. The summed E-state index contributed by atoms with van der Waals surface area (Å²) >= 11 is 1.72. The average molecular weight is 383 g/mol. The number of hydrogen-bond acceptors (Lipinski definition) is 2. The quantitative estimate of drug-likeness (QED) is 0.773. The lowest BCUT2D eigenvalue weighted by molar-refractivity contribution is -0.787. The minimum absolute atomic E-state index is 0.0336. The zero-order valence-electron chi connectivity index (χ0n) is 16.5. The van der Waals surface area contributed by atoms with Gasteiger partial charge in [0, 0.05) is 28.7 Å². The van der Waals surface area contributed by atoms with Gasteiger partial charge in [0.1, 0.15) is 0 Å². The van der Waals surface area contributed by atoms with Crippen molar-refractivity contribution in [3.63, 3.8) is 0 Å². The van der Waals surface area contributed by atoms with Gasteiger partial charge in [0.15, 0.2) is 0 Å². The topological polar surface area (TPSA) is 49.0 Å². The summed E-state index contributed by atoms with van der Waals surface area (Å²) in [4.78, 5) is 17.5. The van der Waals surface area contributed by atoms with Crippen molar-refractivity contribution in [3.05, 3.63) is 48.5 Å². The summed E-state index contributed by atoms with van der Waals surface area (Å²) in [5, 5.41) is 5.77. The van der Waals surface area contributed by atoms with Crippen LogP contribution < -0.4 is 15.5 Å². The number of anilines is 2. The van der Waals surface area contributed by atoms with Gasteiger partial charge in [0.2, 0.25) is 0 Å². The Kier molecular flexibility index (Phi) is 4.47. The molecule has 4 rings (SSSR count). The number of hydrogen-bond donors (Lipinski definition) is 2. The number of quaternary nitrogens is 1. The number of benzene rings is 2. The summed E-state index contributed by atoms with van der Waals surface area (Å²) in [7, 11) is 0. The van der Waals surface area contributed by atoms with Crippen molar-refractivity contribution >= 4 is 29.2 Å². The maximum atomic E-state index is 13.4. The van der Waals surface area contributed by atoms with Gasteiger partial charge in [-0.2, -0.15) is 0 Å². The van der Waals surface area contributed by atoms with Gasteiger partial charge in [-0.15, -0.1) is 0 Å². The molecule has 2 aliphatic heterocycles. The molecule has 142 valence electrons. The Hall–Kier alpha value is -1.98. The summed E-state index contributed by atoms with van der Waals surface area (Å²) in [5.74, 6) is 0. The molecular formula is C22H28N3OS+. The van der Waals surface area contributed by atoms with Crippen molar-refractivity contribution in [2.75, 3.05) is 4.90 Å². The van der Waals surface area contributed by atoms with E-state index in [9.17, 15) is 4.79 Å². The number of nitrogens with two attached hydrogens (primary N) is 1. The van der Waals surface area contributed by atoms with Gasteiger partial charge in [-0.3, -0.25) is 4.90 Å². The molecule has 27 heavy (non-hydrogen) atoms. The lowest BCUT2D eigenvalue weighted by Gasteiger charge is -2.43. The molecule has 2 aliphatic rings. The maximum absolute atomic E-state index is 13.4. The van der Waals surface area contributed by atoms with Crippen molar-refractivity contribution in [1.29, 1.82) is 0 Å². The molecule has 2 aromatic rings. The number of amides is 2. The molecular weight excluding hydrogens is 354 g/mol. The Labute approximate surface area is 165 Å². The Morgan fingerprint density at radius 2 is 1.44 bits per heavy atom. The van der Waals surface area contributed by atoms with Crippen LogP contribution in [0.1, 0.15) is 40.5 Å². The van der Waals surface area contributed by atoms with Crippen LogP contribution in [-0.2, 0) is 0 Å². The van der Waals surface area contributed by atoms with Crippen LogP contribution in [-0.4, -0.2) is 23.2 Å². The molecule has 0 bridgehead atoms. The smallest absolute Gasteiger partial charge is 0.326 e. The highest BCUT2D eigenvalue weighted by molar-refractivity contribution is 7.99. The molecule has 0 spiro atoms. The number of fused-ring (bicyclic) bond motifs is 2. The molecule has 2 amide bonds. The molecule has 2 heterocycles. The normalized spacial score (nSPS) is 20.5. The largest absolute Gasteiger partial charge is 0.337 e. The van der Waals surface area contributed by atoms with E-state index < -0.39 is 0 Å². The Balaban J connectivity index is 1.64. The van der Waals surface area contributed by atoms with E-state index in [-0.39, 0.29) is 23.2 Å². The fraction of sp³-hybridized carbons (Fsp3) is 0.409.